The molecular weight excluding hydrogens is 288 g/mol. The van der Waals surface area contributed by atoms with E-state index >= 15 is 0 Å². The Bertz CT molecular complexity index is 857. The summed E-state index contributed by atoms with van der Waals surface area (Å²) < 4.78 is 32.7. The van der Waals surface area contributed by atoms with Crippen molar-refractivity contribution in [3.8, 4) is 11.3 Å². The summed E-state index contributed by atoms with van der Waals surface area (Å²) in [6.07, 6.45) is 1.47. The van der Waals surface area contributed by atoms with Gasteiger partial charge in [-0.2, -0.15) is 0 Å². The van der Waals surface area contributed by atoms with E-state index in [4.69, 9.17) is 0 Å². The van der Waals surface area contributed by atoms with Crippen molar-refractivity contribution >= 4 is 16.7 Å². The van der Waals surface area contributed by atoms with Crippen LogP contribution in [-0.2, 0) is 4.74 Å². The highest BCUT2D eigenvalue weighted by Gasteiger charge is 2.16. The van der Waals surface area contributed by atoms with Crippen LogP contribution in [0.3, 0.4) is 0 Å². The maximum absolute atomic E-state index is 14.0. The van der Waals surface area contributed by atoms with Crippen molar-refractivity contribution in [1.82, 2.24) is 4.98 Å². The van der Waals surface area contributed by atoms with Gasteiger partial charge in [0.25, 0.3) is 0 Å². The highest BCUT2D eigenvalue weighted by Crippen LogP contribution is 2.31. The highest BCUT2D eigenvalue weighted by atomic mass is 19.1. The lowest BCUT2D eigenvalue weighted by molar-refractivity contribution is 0.0601. The molecule has 0 amide bonds. The summed E-state index contributed by atoms with van der Waals surface area (Å²) in [7, 11) is 1.27. The number of carbonyl (C=O) groups is 1. The average Bonchev–Trinajstić information content (AvgIpc) is 2.53. The van der Waals surface area contributed by atoms with Crippen LogP contribution >= 0.6 is 0 Å². The lowest BCUT2D eigenvalue weighted by atomic mass is 10.0. The third-order valence-corrected chi connectivity index (χ3v) is 3.39. The minimum atomic E-state index is -0.705. The Morgan fingerprint density at radius 1 is 1.09 bits per heavy atom. The second kappa shape index (κ2) is 5.52. The van der Waals surface area contributed by atoms with Crippen LogP contribution in [0.15, 0.2) is 48.7 Å². The van der Waals surface area contributed by atoms with E-state index in [-0.39, 0.29) is 11.3 Å². The second-order valence-electron chi connectivity index (χ2n) is 4.68. The van der Waals surface area contributed by atoms with Crippen LogP contribution in [0.2, 0.25) is 0 Å². The molecule has 0 fully saturated rings. The number of ether oxygens (including phenoxy) is 1. The predicted octanol–water partition coefficient (Wildman–Crippen LogP) is 3.97. The maximum atomic E-state index is 14.0. The molecule has 0 radical (unpaired) electrons. The first-order valence-electron chi connectivity index (χ1n) is 6.53. The number of esters is 1. The Kier molecular flexibility index (Phi) is 3.55. The van der Waals surface area contributed by atoms with Crippen LogP contribution in [-0.4, -0.2) is 18.1 Å². The Labute approximate surface area is 125 Å². The molecule has 22 heavy (non-hydrogen) atoms. The summed E-state index contributed by atoms with van der Waals surface area (Å²) in [4.78, 5) is 15.7. The Morgan fingerprint density at radius 2 is 1.82 bits per heavy atom. The van der Waals surface area contributed by atoms with E-state index in [1.165, 1.54) is 37.6 Å². The predicted molar refractivity (Wildman–Crippen MR) is 78.4 cm³/mol. The Balaban J connectivity index is 2.32. The summed E-state index contributed by atoms with van der Waals surface area (Å²) >= 11 is 0. The smallest absolute Gasteiger partial charge is 0.337 e. The van der Waals surface area contributed by atoms with E-state index in [2.05, 4.69) is 9.72 Å². The molecule has 0 unspecified atom stereocenters. The van der Waals surface area contributed by atoms with Crippen LogP contribution < -0.4 is 0 Å². The molecule has 3 rings (SSSR count). The zero-order valence-electron chi connectivity index (χ0n) is 11.6. The minimum Gasteiger partial charge on any atom is -0.465 e. The SMILES string of the molecule is COC(=O)c1ccc2ccnc(-c3c(F)cccc3F)c2c1. The van der Waals surface area contributed by atoms with E-state index in [1.54, 1.807) is 18.2 Å². The van der Waals surface area contributed by atoms with Gasteiger partial charge >= 0.3 is 5.97 Å². The van der Waals surface area contributed by atoms with Crippen LogP contribution in [0.25, 0.3) is 22.0 Å². The molecule has 0 N–H and O–H groups in total. The lowest BCUT2D eigenvalue weighted by Crippen LogP contribution is -2.01. The van der Waals surface area contributed by atoms with Gasteiger partial charge in [0.05, 0.1) is 23.9 Å². The molecule has 0 saturated heterocycles. The number of aromatic nitrogens is 1. The summed E-state index contributed by atoms with van der Waals surface area (Å²) in [5.41, 5.74) is 0.231. The van der Waals surface area contributed by atoms with E-state index in [0.29, 0.717) is 10.9 Å². The van der Waals surface area contributed by atoms with Gasteiger partial charge in [-0.15, -0.1) is 0 Å². The van der Waals surface area contributed by atoms with Crippen LogP contribution in [0, 0.1) is 11.6 Å². The molecule has 0 bridgehead atoms. The zero-order valence-corrected chi connectivity index (χ0v) is 11.6. The van der Waals surface area contributed by atoms with E-state index in [0.717, 1.165) is 5.39 Å². The van der Waals surface area contributed by atoms with Gasteiger partial charge in [-0.3, -0.25) is 4.98 Å². The number of methoxy groups -OCH3 is 1. The number of benzene rings is 2. The van der Waals surface area contributed by atoms with Gasteiger partial charge in [0.1, 0.15) is 11.6 Å². The fourth-order valence-corrected chi connectivity index (χ4v) is 2.34. The van der Waals surface area contributed by atoms with Gasteiger partial charge in [0.2, 0.25) is 0 Å². The molecule has 0 aliphatic carbocycles. The molecule has 0 aliphatic rings. The number of carbonyl (C=O) groups excluding carboxylic acids is 1. The second-order valence-corrected chi connectivity index (χ2v) is 4.68. The minimum absolute atomic E-state index is 0.152. The highest BCUT2D eigenvalue weighted by molar-refractivity contribution is 6.00. The molecule has 110 valence electrons. The maximum Gasteiger partial charge on any atom is 0.337 e. The molecule has 3 nitrogen and oxygen atoms in total. The molecular formula is C17H11F2NO2. The van der Waals surface area contributed by atoms with Crippen molar-refractivity contribution in [1.29, 1.82) is 0 Å². The zero-order chi connectivity index (χ0) is 15.7. The summed E-state index contributed by atoms with van der Waals surface area (Å²) in [5, 5.41) is 1.20. The van der Waals surface area contributed by atoms with Crippen LogP contribution in [0.4, 0.5) is 8.78 Å². The van der Waals surface area contributed by atoms with Gasteiger partial charge < -0.3 is 4.74 Å². The topological polar surface area (TPSA) is 39.2 Å². The Morgan fingerprint density at radius 3 is 2.50 bits per heavy atom. The van der Waals surface area contributed by atoms with Crippen molar-refractivity contribution in [2.24, 2.45) is 0 Å². The molecule has 0 spiro atoms. The summed E-state index contributed by atoms with van der Waals surface area (Å²) in [6, 6.07) is 10.1. The third-order valence-electron chi connectivity index (χ3n) is 3.39. The molecule has 5 heteroatoms. The first-order valence-corrected chi connectivity index (χ1v) is 6.53. The number of fused-ring (bicyclic) bond motifs is 1. The molecule has 0 atom stereocenters. The first-order chi connectivity index (χ1) is 10.6. The molecule has 2 aromatic carbocycles. The summed E-state index contributed by atoms with van der Waals surface area (Å²) in [5.74, 6) is -1.93. The largest absolute Gasteiger partial charge is 0.465 e. The molecule has 1 heterocycles. The normalized spacial score (nSPS) is 10.7. The molecule has 3 aromatic rings. The van der Waals surface area contributed by atoms with Crippen molar-refractivity contribution in [2.45, 2.75) is 0 Å². The van der Waals surface area contributed by atoms with E-state index in [9.17, 15) is 13.6 Å². The van der Waals surface area contributed by atoms with E-state index < -0.39 is 17.6 Å². The fraction of sp³-hybridized carbons (Fsp3) is 0.0588. The van der Waals surface area contributed by atoms with Gasteiger partial charge in [-0.05, 0) is 35.7 Å². The average molecular weight is 299 g/mol. The monoisotopic (exact) mass is 299 g/mol. The number of rotatable bonds is 2. The van der Waals surface area contributed by atoms with Crippen molar-refractivity contribution in [3.05, 3.63) is 65.9 Å². The van der Waals surface area contributed by atoms with Crippen LogP contribution in [0.5, 0.6) is 0 Å². The van der Waals surface area contributed by atoms with E-state index in [1.807, 2.05) is 0 Å². The number of halogens is 2. The summed E-state index contributed by atoms with van der Waals surface area (Å²) in [6.45, 7) is 0. The lowest BCUT2D eigenvalue weighted by Gasteiger charge is -2.09. The van der Waals surface area contributed by atoms with Gasteiger partial charge in [-0.1, -0.05) is 12.1 Å². The van der Waals surface area contributed by atoms with Crippen molar-refractivity contribution in [3.63, 3.8) is 0 Å². The molecule has 0 aliphatic heterocycles. The number of nitrogens with zero attached hydrogens (tertiary/aromatic N) is 1. The standard InChI is InChI=1S/C17H11F2NO2/c1-22-17(21)11-6-5-10-7-8-20-16(12(10)9-11)15-13(18)3-2-4-14(15)19/h2-9H,1H3. The van der Waals surface area contributed by atoms with Crippen molar-refractivity contribution in [2.75, 3.05) is 7.11 Å². The molecule has 0 saturated carbocycles. The van der Waals surface area contributed by atoms with Crippen LogP contribution in [0.1, 0.15) is 10.4 Å². The Hall–Kier alpha value is -2.82. The number of hydrogen-bond donors (Lipinski definition) is 0. The first kappa shape index (κ1) is 14.1. The van der Waals surface area contributed by atoms with Gasteiger partial charge in [0, 0.05) is 11.6 Å². The quantitative estimate of drug-likeness (QED) is 0.672. The van der Waals surface area contributed by atoms with Gasteiger partial charge in [-0.25, -0.2) is 13.6 Å². The molecule has 1 aromatic heterocycles. The van der Waals surface area contributed by atoms with Gasteiger partial charge in [0.15, 0.2) is 0 Å². The third kappa shape index (κ3) is 2.30. The number of hydrogen-bond acceptors (Lipinski definition) is 3. The van der Waals surface area contributed by atoms with Crippen molar-refractivity contribution < 1.29 is 18.3 Å². The number of pyridine rings is 1. The fourth-order valence-electron chi connectivity index (χ4n) is 2.34.